The second-order valence-corrected chi connectivity index (χ2v) is 8.70. The summed E-state index contributed by atoms with van der Waals surface area (Å²) in [5.41, 5.74) is 3.86. The molecule has 0 aliphatic carbocycles. The quantitative estimate of drug-likeness (QED) is 0.295. The fourth-order valence-electron chi connectivity index (χ4n) is 3.52. The lowest BCUT2D eigenvalue weighted by Crippen LogP contribution is -2.12. The summed E-state index contributed by atoms with van der Waals surface area (Å²) in [6, 6.07) is 9.64. The van der Waals surface area contributed by atoms with Gasteiger partial charge in [-0.25, -0.2) is 19.8 Å². The van der Waals surface area contributed by atoms with E-state index in [0.717, 1.165) is 16.8 Å². The van der Waals surface area contributed by atoms with Gasteiger partial charge in [-0.2, -0.15) is 14.4 Å². The van der Waals surface area contributed by atoms with E-state index >= 15 is 0 Å². The Labute approximate surface area is 195 Å². The molecule has 0 atom stereocenters. The highest BCUT2D eigenvalue weighted by atomic mass is 15.5. The van der Waals surface area contributed by atoms with E-state index in [4.69, 9.17) is 11.6 Å². The van der Waals surface area contributed by atoms with Crippen LogP contribution in [0.4, 0.5) is 17.2 Å². The minimum absolute atomic E-state index is 0.235. The van der Waals surface area contributed by atoms with Gasteiger partial charge in [-0.3, -0.25) is 5.10 Å². The van der Waals surface area contributed by atoms with Crippen molar-refractivity contribution in [3.8, 4) is 17.3 Å². The number of H-pyrrole nitrogens is 1. The minimum atomic E-state index is -0.287. The van der Waals surface area contributed by atoms with Crippen LogP contribution in [0.5, 0.6) is 0 Å². The molecule has 168 valence electrons. The zero-order valence-corrected chi connectivity index (χ0v) is 19.1. The van der Waals surface area contributed by atoms with Crippen LogP contribution in [0.25, 0.3) is 27.8 Å². The van der Waals surface area contributed by atoms with Crippen LogP contribution >= 0.6 is 0 Å². The number of rotatable bonds is 4. The molecule has 0 saturated carbocycles. The maximum absolute atomic E-state index is 7.50. The molecule has 1 N–H and O–H groups in total. The van der Waals surface area contributed by atoms with E-state index in [9.17, 15) is 0 Å². The van der Waals surface area contributed by atoms with Crippen molar-refractivity contribution in [2.24, 2.45) is 10.2 Å². The van der Waals surface area contributed by atoms with Crippen LogP contribution in [-0.4, -0.2) is 39.6 Å². The molecule has 11 heteroatoms. The molecule has 0 unspecified atom stereocenters. The Balaban J connectivity index is 1.66. The number of aromatic nitrogens is 8. The summed E-state index contributed by atoms with van der Waals surface area (Å²) in [4.78, 5) is 16.7. The van der Waals surface area contributed by atoms with E-state index < -0.39 is 0 Å². The van der Waals surface area contributed by atoms with Crippen LogP contribution in [0.15, 0.2) is 59.2 Å². The second-order valence-electron chi connectivity index (χ2n) is 8.70. The average molecular weight is 451 g/mol. The number of azo groups is 1. The number of benzene rings is 1. The second kappa shape index (κ2) is 8.00. The third-order valence-corrected chi connectivity index (χ3v) is 5.24. The maximum Gasteiger partial charge on any atom is 0.252 e. The van der Waals surface area contributed by atoms with Gasteiger partial charge in [-0.1, -0.05) is 45.0 Å². The van der Waals surface area contributed by atoms with Gasteiger partial charge < -0.3 is 0 Å². The molecule has 0 fully saturated rings. The summed E-state index contributed by atoms with van der Waals surface area (Å²) >= 11 is 0. The van der Waals surface area contributed by atoms with Gasteiger partial charge in [0, 0.05) is 23.4 Å². The summed E-state index contributed by atoms with van der Waals surface area (Å²) in [5, 5.41) is 21.1. The van der Waals surface area contributed by atoms with Gasteiger partial charge in [0.2, 0.25) is 5.65 Å². The Morgan fingerprint density at radius 1 is 1.06 bits per heavy atom. The van der Waals surface area contributed by atoms with E-state index in [1.165, 1.54) is 10.9 Å². The summed E-state index contributed by atoms with van der Waals surface area (Å²) in [5.74, 6) is 1.12. The molecule has 0 amide bonds. The number of fused-ring (bicyclic) bond motifs is 1. The van der Waals surface area contributed by atoms with Crippen LogP contribution in [0.1, 0.15) is 32.0 Å². The normalized spacial score (nSPS) is 12.0. The van der Waals surface area contributed by atoms with Crippen molar-refractivity contribution >= 4 is 22.8 Å². The number of hydrogen-bond acceptors (Lipinski definition) is 7. The molecular formula is C23H21N11. The average Bonchev–Trinajstić information content (AvgIpc) is 3.51. The number of hydrogen-bond donors (Lipinski definition) is 1. The predicted octanol–water partition coefficient (Wildman–Crippen LogP) is 5.27. The third kappa shape index (κ3) is 3.61. The molecule has 0 bridgehead atoms. The Hall–Kier alpha value is -4.72. The Kier molecular flexibility index (Phi) is 4.98. The molecule has 0 aliphatic rings. The van der Waals surface area contributed by atoms with E-state index in [1.54, 1.807) is 23.1 Å². The van der Waals surface area contributed by atoms with Crippen molar-refractivity contribution in [2.45, 2.75) is 33.1 Å². The predicted molar refractivity (Wildman–Crippen MR) is 126 cm³/mol. The molecule has 0 spiro atoms. The summed E-state index contributed by atoms with van der Waals surface area (Å²) in [6.07, 6.45) is 4.61. The SMILES string of the molecule is [C-]#[N+]c1cnn(-c2ncccn2)c1N=Nc1c(C(C)(C)C)[nH]n2nc(-c3ccccc3C)nc12. The third-order valence-electron chi connectivity index (χ3n) is 5.24. The molecule has 5 aromatic rings. The largest absolute Gasteiger partial charge is 0.277 e. The summed E-state index contributed by atoms with van der Waals surface area (Å²) in [6.45, 7) is 15.7. The first-order chi connectivity index (χ1) is 16.4. The van der Waals surface area contributed by atoms with Gasteiger partial charge in [-0.15, -0.1) is 15.3 Å². The number of aromatic amines is 1. The van der Waals surface area contributed by atoms with Gasteiger partial charge in [0.05, 0.1) is 18.5 Å². The first-order valence-electron chi connectivity index (χ1n) is 10.6. The van der Waals surface area contributed by atoms with Crippen molar-refractivity contribution < 1.29 is 0 Å². The van der Waals surface area contributed by atoms with Crippen LogP contribution in [0.3, 0.4) is 0 Å². The number of nitrogens with zero attached hydrogens (tertiary/aromatic N) is 10. The van der Waals surface area contributed by atoms with Crippen LogP contribution < -0.4 is 0 Å². The van der Waals surface area contributed by atoms with Crippen molar-refractivity contribution in [3.05, 3.63) is 71.6 Å². The molecule has 4 heterocycles. The highest BCUT2D eigenvalue weighted by molar-refractivity contribution is 5.72. The molecule has 4 aromatic heterocycles. The van der Waals surface area contributed by atoms with E-state index in [0.29, 0.717) is 23.1 Å². The standard InChI is InChI=1S/C23H21N11/c1-14-9-6-7-10-15(14)19-28-21-17(18(23(2,3)4)31-34(21)32-19)29-30-20-16(24-5)13-27-33(20)22-25-11-8-12-26-22/h6-13,31H,1-4H3. The van der Waals surface area contributed by atoms with Crippen LogP contribution in [0.2, 0.25) is 0 Å². The fourth-order valence-corrected chi connectivity index (χ4v) is 3.52. The van der Waals surface area contributed by atoms with Gasteiger partial charge in [-0.05, 0) is 18.6 Å². The Morgan fingerprint density at radius 3 is 2.53 bits per heavy atom. The molecule has 34 heavy (non-hydrogen) atoms. The highest BCUT2D eigenvalue weighted by Gasteiger charge is 2.26. The molecule has 11 nitrogen and oxygen atoms in total. The van der Waals surface area contributed by atoms with Crippen LogP contribution in [-0.2, 0) is 5.41 Å². The number of nitrogens with one attached hydrogen (secondary N) is 1. The Bertz CT molecular complexity index is 1560. The van der Waals surface area contributed by atoms with Gasteiger partial charge >= 0.3 is 0 Å². The van der Waals surface area contributed by atoms with Gasteiger partial charge in [0.25, 0.3) is 11.6 Å². The van der Waals surface area contributed by atoms with E-state index in [-0.39, 0.29) is 16.9 Å². The summed E-state index contributed by atoms with van der Waals surface area (Å²) < 4.78 is 3.00. The van der Waals surface area contributed by atoms with E-state index in [2.05, 4.69) is 61.1 Å². The monoisotopic (exact) mass is 451 g/mol. The minimum Gasteiger partial charge on any atom is -0.277 e. The topological polar surface area (TPSA) is 119 Å². The molecule has 0 radical (unpaired) electrons. The fraction of sp³-hybridized carbons (Fsp3) is 0.217. The molecule has 0 aliphatic heterocycles. The van der Waals surface area contributed by atoms with Gasteiger partial charge in [0.1, 0.15) is 0 Å². The number of aryl methyl sites for hydroxylation is 1. The van der Waals surface area contributed by atoms with Crippen molar-refractivity contribution in [2.75, 3.05) is 0 Å². The lowest BCUT2D eigenvalue weighted by Gasteiger charge is -2.16. The molecule has 0 saturated heterocycles. The van der Waals surface area contributed by atoms with Crippen LogP contribution in [0, 0.1) is 13.5 Å². The van der Waals surface area contributed by atoms with E-state index in [1.807, 2.05) is 31.2 Å². The lowest BCUT2D eigenvalue weighted by atomic mass is 9.91. The maximum atomic E-state index is 7.50. The first-order valence-corrected chi connectivity index (χ1v) is 10.6. The van der Waals surface area contributed by atoms with Crippen molar-refractivity contribution in [3.63, 3.8) is 0 Å². The zero-order chi connectivity index (χ0) is 23.9. The Morgan fingerprint density at radius 2 is 1.82 bits per heavy atom. The molecule has 1 aromatic carbocycles. The first kappa shape index (κ1) is 21.1. The zero-order valence-electron chi connectivity index (χ0n) is 19.1. The van der Waals surface area contributed by atoms with Crippen molar-refractivity contribution in [1.82, 2.24) is 39.6 Å². The lowest BCUT2D eigenvalue weighted by molar-refractivity contribution is 0.557. The summed E-state index contributed by atoms with van der Waals surface area (Å²) in [7, 11) is 0. The smallest absolute Gasteiger partial charge is 0.252 e. The van der Waals surface area contributed by atoms with Gasteiger partial charge in [0.15, 0.2) is 17.3 Å². The molecular weight excluding hydrogens is 430 g/mol. The molecule has 5 rings (SSSR count). The highest BCUT2D eigenvalue weighted by Crippen LogP contribution is 2.37. The van der Waals surface area contributed by atoms with Crippen molar-refractivity contribution in [1.29, 1.82) is 0 Å².